The van der Waals surface area contributed by atoms with Crippen LogP contribution in [-0.2, 0) is 11.8 Å². The molecule has 0 bridgehead atoms. The third kappa shape index (κ3) is 1.83. The molecule has 1 amide bonds. The lowest BCUT2D eigenvalue weighted by Gasteiger charge is -2.09. The van der Waals surface area contributed by atoms with E-state index in [0.717, 1.165) is 5.56 Å². The highest BCUT2D eigenvalue weighted by Gasteiger charge is 2.16. The first kappa shape index (κ1) is 11.4. The van der Waals surface area contributed by atoms with Crippen LogP contribution in [0.15, 0.2) is 27.4 Å². The largest absolute Gasteiger partial charge is 0.419 e. The molecule has 0 aliphatic heterocycles. The van der Waals surface area contributed by atoms with Gasteiger partial charge >= 0.3 is 5.76 Å². The van der Waals surface area contributed by atoms with Gasteiger partial charge in [-0.15, -0.1) is 0 Å². The van der Waals surface area contributed by atoms with Crippen molar-refractivity contribution in [1.82, 2.24) is 9.99 Å². The van der Waals surface area contributed by atoms with E-state index in [-0.39, 0.29) is 11.8 Å². The van der Waals surface area contributed by atoms with Gasteiger partial charge in [0.2, 0.25) is 5.91 Å². The number of carbonyl (C=O) groups is 1. The van der Waals surface area contributed by atoms with Crippen molar-refractivity contribution in [2.24, 2.45) is 12.9 Å². The number of aryl methyl sites for hydroxylation is 1. The second-order valence-electron chi connectivity index (χ2n) is 3.88. The lowest BCUT2D eigenvalue weighted by molar-refractivity contribution is -0.122. The lowest BCUT2D eigenvalue weighted by atomic mass is 10.0. The molecule has 0 saturated heterocycles. The van der Waals surface area contributed by atoms with Crippen molar-refractivity contribution in [3.05, 3.63) is 34.3 Å². The van der Waals surface area contributed by atoms with Crippen molar-refractivity contribution in [3.63, 3.8) is 0 Å². The van der Waals surface area contributed by atoms with Gasteiger partial charge in [0.05, 0.1) is 11.4 Å². The Balaban J connectivity index is 2.54. The van der Waals surface area contributed by atoms with Crippen LogP contribution >= 0.6 is 0 Å². The number of fused-ring (bicyclic) bond motifs is 1. The Labute approximate surface area is 97.0 Å². The van der Waals surface area contributed by atoms with Crippen LogP contribution in [0.25, 0.3) is 11.1 Å². The zero-order chi connectivity index (χ0) is 12.6. The fraction of sp³-hybridized carbons (Fsp3) is 0.273. The summed E-state index contributed by atoms with van der Waals surface area (Å²) in [7, 11) is 1.62. The standard InChI is InChI=1S/C11H13N3O3/c1-6(10(15)13-12)7-3-4-9-8(5-7)14(2)11(16)17-9/h3-6H,12H2,1-2H3,(H,13,15). The Morgan fingerprint density at radius 1 is 1.53 bits per heavy atom. The molecule has 0 fully saturated rings. The summed E-state index contributed by atoms with van der Waals surface area (Å²) in [6.45, 7) is 1.74. The summed E-state index contributed by atoms with van der Waals surface area (Å²) >= 11 is 0. The van der Waals surface area contributed by atoms with Gasteiger partial charge in [0.25, 0.3) is 0 Å². The maximum atomic E-state index is 11.4. The SMILES string of the molecule is CC(C(=O)NN)c1ccc2oc(=O)n(C)c2c1. The second-order valence-corrected chi connectivity index (χ2v) is 3.88. The van der Waals surface area contributed by atoms with E-state index in [2.05, 4.69) is 5.43 Å². The molecule has 2 rings (SSSR count). The minimum atomic E-state index is -0.423. The summed E-state index contributed by atoms with van der Waals surface area (Å²) in [5.41, 5.74) is 4.03. The smallest absolute Gasteiger partial charge is 0.408 e. The maximum absolute atomic E-state index is 11.4. The van der Waals surface area contributed by atoms with Gasteiger partial charge in [0.1, 0.15) is 0 Å². The van der Waals surface area contributed by atoms with Gasteiger partial charge in [0.15, 0.2) is 5.58 Å². The van der Waals surface area contributed by atoms with Crippen molar-refractivity contribution in [1.29, 1.82) is 0 Å². The van der Waals surface area contributed by atoms with Crippen LogP contribution in [0.3, 0.4) is 0 Å². The van der Waals surface area contributed by atoms with Gasteiger partial charge in [-0.3, -0.25) is 14.8 Å². The van der Waals surface area contributed by atoms with E-state index >= 15 is 0 Å². The number of rotatable bonds is 2. The molecule has 0 spiro atoms. The summed E-state index contributed by atoms with van der Waals surface area (Å²) in [6.07, 6.45) is 0. The van der Waals surface area contributed by atoms with Crippen molar-refractivity contribution in [2.75, 3.05) is 0 Å². The van der Waals surface area contributed by atoms with Crippen LogP contribution in [0, 0.1) is 0 Å². The van der Waals surface area contributed by atoms with Crippen molar-refractivity contribution in [3.8, 4) is 0 Å². The van der Waals surface area contributed by atoms with Crippen LogP contribution in [0.4, 0.5) is 0 Å². The molecular formula is C11H13N3O3. The first-order valence-corrected chi connectivity index (χ1v) is 5.14. The fourth-order valence-electron chi connectivity index (χ4n) is 1.69. The van der Waals surface area contributed by atoms with Crippen molar-refractivity contribution in [2.45, 2.75) is 12.8 Å². The molecule has 6 nitrogen and oxygen atoms in total. The molecule has 0 saturated carbocycles. The summed E-state index contributed by atoms with van der Waals surface area (Å²) in [6, 6.07) is 5.16. The third-order valence-electron chi connectivity index (χ3n) is 2.85. The van der Waals surface area contributed by atoms with E-state index in [0.29, 0.717) is 11.1 Å². The predicted octanol–water partition coefficient (Wildman–Crippen LogP) is 0.225. The highest BCUT2D eigenvalue weighted by molar-refractivity contribution is 5.84. The van der Waals surface area contributed by atoms with Gasteiger partial charge in [-0.2, -0.15) is 0 Å². The number of carbonyl (C=O) groups excluding carboxylic acids is 1. The van der Waals surface area contributed by atoms with E-state index in [4.69, 9.17) is 10.3 Å². The third-order valence-corrected chi connectivity index (χ3v) is 2.85. The van der Waals surface area contributed by atoms with Gasteiger partial charge in [-0.1, -0.05) is 6.07 Å². The molecular weight excluding hydrogens is 222 g/mol. The van der Waals surface area contributed by atoms with E-state index in [1.807, 2.05) is 0 Å². The molecule has 6 heteroatoms. The Morgan fingerprint density at radius 2 is 2.24 bits per heavy atom. The molecule has 1 heterocycles. The van der Waals surface area contributed by atoms with E-state index in [9.17, 15) is 9.59 Å². The monoisotopic (exact) mass is 235 g/mol. The molecule has 0 aliphatic rings. The Kier molecular flexibility index (Phi) is 2.72. The molecule has 1 unspecified atom stereocenters. The van der Waals surface area contributed by atoms with E-state index < -0.39 is 5.76 Å². The maximum Gasteiger partial charge on any atom is 0.419 e. The number of amides is 1. The Bertz CT molecular complexity index is 626. The minimum Gasteiger partial charge on any atom is -0.408 e. The van der Waals surface area contributed by atoms with Gasteiger partial charge in [0, 0.05) is 7.05 Å². The number of hydrazine groups is 1. The van der Waals surface area contributed by atoms with Crippen LogP contribution < -0.4 is 17.0 Å². The number of nitrogens with two attached hydrogens (primary N) is 1. The number of hydrogen-bond acceptors (Lipinski definition) is 4. The van der Waals surface area contributed by atoms with Crippen LogP contribution in [0.2, 0.25) is 0 Å². The molecule has 2 aromatic rings. The van der Waals surface area contributed by atoms with Crippen LogP contribution in [0.5, 0.6) is 0 Å². The van der Waals surface area contributed by atoms with Crippen LogP contribution in [-0.4, -0.2) is 10.5 Å². The molecule has 0 radical (unpaired) electrons. The van der Waals surface area contributed by atoms with E-state index in [1.165, 1.54) is 4.57 Å². The topological polar surface area (TPSA) is 90.3 Å². The predicted molar refractivity (Wildman–Crippen MR) is 62.2 cm³/mol. The Hall–Kier alpha value is -2.08. The molecule has 90 valence electrons. The molecule has 3 N–H and O–H groups in total. The van der Waals surface area contributed by atoms with Crippen molar-refractivity contribution < 1.29 is 9.21 Å². The lowest BCUT2D eigenvalue weighted by Crippen LogP contribution is -2.33. The quantitative estimate of drug-likeness (QED) is 0.442. The number of nitrogens with zero attached hydrogens (tertiary/aromatic N) is 1. The van der Waals surface area contributed by atoms with Gasteiger partial charge < -0.3 is 4.42 Å². The number of hydrogen-bond donors (Lipinski definition) is 2. The van der Waals surface area contributed by atoms with Crippen LogP contribution in [0.1, 0.15) is 18.4 Å². The number of oxazole rings is 1. The van der Waals surface area contributed by atoms with E-state index in [1.54, 1.807) is 32.2 Å². The van der Waals surface area contributed by atoms with Gasteiger partial charge in [-0.05, 0) is 24.6 Å². The van der Waals surface area contributed by atoms with Gasteiger partial charge in [-0.25, -0.2) is 10.6 Å². The molecule has 1 aromatic heterocycles. The average Bonchev–Trinajstić information content (AvgIpc) is 2.63. The summed E-state index contributed by atoms with van der Waals surface area (Å²) in [5, 5.41) is 0. The fourth-order valence-corrected chi connectivity index (χ4v) is 1.69. The number of nitrogens with one attached hydrogen (secondary N) is 1. The molecule has 1 atom stereocenters. The molecule has 17 heavy (non-hydrogen) atoms. The van der Waals surface area contributed by atoms with Crippen molar-refractivity contribution >= 4 is 17.0 Å². The number of benzene rings is 1. The molecule has 1 aromatic carbocycles. The molecule has 0 aliphatic carbocycles. The second kappa shape index (κ2) is 4.06. The normalized spacial score (nSPS) is 12.6. The number of aromatic nitrogens is 1. The summed E-state index contributed by atoms with van der Waals surface area (Å²) in [4.78, 5) is 22.7. The zero-order valence-electron chi connectivity index (χ0n) is 9.56. The minimum absolute atomic E-state index is 0.280. The summed E-state index contributed by atoms with van der Waals surface area (Å²) in [5.74, 6) is 4.00. The highest BCUT2D eigenvalue weighted by atomic mass is 16.4. The first-order chi connectivity index (χ1) is 8.04. The summed E-state index contributed by atoms with van der Waals surface area (Å²) < 4.78 is 6.40. The average molecular weight is 235 g/mol. The zero-order valence-corrected chi connectivity index (χ0v) is 9.56. The highest BCUT2D eigenvalue weighted by Crippen LogP contribution is 2.20. The first-order valence-electron chi connectivity index (χ1n) is 5.14. The Morgan fingerprint density at radius 3 is 2.88 bits per heavy atom.